The number of hydrogen-bond acceptors (Lipinski definition) is 3. The van der Waals surface area contributed by atoms with E-state index in [-0.39, 0.29) is 11.6 Å². The van der Waals surface area contributed by atoms with Crippen molar-refractivity contribution in [2.45, 2.75) is 19.5 Å². The third-order valence-electron chi connectivity index (χ3n) is 3.77. The highest BCUT2D eigenvalue weighted by Crippen LogP contribution is 2.22. The molecule has 0 radical (unpaired) electrons. The van der Waals surface area contributed by atoms with Gasteiger partial charge in [0, 0.05) is 13.6 Å². The van der Waals surface area contributed by atoms with Crippen molar-refractivity contribution in [1.29, 1.82) is 0 Å². The average Bonchev–Trinajstić information content (AvgIpc) is 2.54. The first-order valence-corrected chi connectivity index (χ1v) is 9.59. The lowest BCUT2D eigenvalue weighted by Gasteiger charge is -2.31. The fourth-order valence-corrected chi connectivity index (χ4v) is 3.83. The van der Waals surface area contributed by atoms with Crippen LogP contribution in [0.4, 0.5) is 10.1 Å². The molecule has 25 heavy (non-hydrogen) atoms. The number of sulfonamides is 1. The smallest absolute Gasteiger partial charge is 0.246 e. The minimum atomic E-state index is -3.77. The number of benzene rings is 2. The molecule has 0 aliphatic rings. The molecule has 0 saturated carbocycles. The van der Waals surface area contributed by atoms with E-state index in [1.54, 1.807) is 7.05 Å². The number of nitrogens with zero attached hydrogens (tertiary/aromatic N) is 2. The Morgan fingerprint density at radius 1 is 1.12 bits per heavy atom. The Bertz CT molecular complexity index is 840. The van der Waals surface area contributed by atoms with E-state index in [1.165, 1.54) is 30.0 Å². The van der Waals surface area contributed by atoms with Gasteiger partial charge in [0.05, 0.1) is 11.9 Å². The van der Waals surface area contributed by atoms with Crippen molar-refractivity contribution in [3.05, 3.63) is 66.0 Å². The van der Waals surface area contributed by atoms with Gasteiger partial charge in [0.1, 0.15) is 11.9 Å². The third-order valence-corrected chi connectivity index (χ3v) is 5.01. The molecular formula is C18H21FN2O3S. The first kappa shape index (κ1) is 18.9. The molecule has 1 atom stereocenters. The van der Waals surface area contributed by atoms with E-state index in [2.05, 4.69) is 0 Å². The first-order chi connectivity index (χ1) is 11.7. The van der Waals surface area contributed by atoms with Crippen molar-refractivity contribution >= 4 is 21.6 Å². The third kappa shape index (κ3) is 4.79. The molecule has 0 aliphatic carbocycles. The minimum absolute atomic E-state index is 0.122. The number of rotatable bonds is 6. The van der Waals surface area contributed by atoms with Crippen molar-refractivity contribution in [2.75, 3.05) is 17.6 Å². The highest BCUT2D eigenvalue weighted by molar-refractivity contribution is 7.92. The lowest BCUT2D eigenvalue weighted by Crippen LogP contribution is -2.48. The van der Waals surface area contributed by atoms with Crippen LogP contribution in [-0.4, -0.2) is 38.6 Å². The second-order valence-electron chi connectivity index (χ2n) is 5.89. The summed E-state index contributed by atoms with van der Waals surface area (Å²) in [5, 5.41) is 0. The van der Waals surface area contributed by atoms with E-state index in [4.69, 9.17) is 0 Å². The molecule has 0 bridgehead atoms. The standard InChI is InChI=1S/C18H21FN2O3S/c1-14(18(22)20(2)13-15-8-5-4-6-9-15)21(25(3,23)24)17-11-7-10-16(19)12-17/h4-12,14H,13H2,1-3H3/t14-/m0/s1. The zero-order valence-corrected chi connectivity index (χ0v) is 15.2. The maximum Gasteiger partial charge on any atom is 0.246 e. The zero-order chi connectivity index (χ0) is 18.6. The summed E-state index contributed by atoms with van der Waals surface area (Å²) in [4.78, 5) is 14.2. The molecule has 2 aromatic carbocycles. The Balaban J connectivity index is 2.27. The van der Waals surface area contributed by atoms with Crippen molar-refractivity contribution in [2.24, 2.45) is 0 Å². The molecule has 0 spiro atoms. The van der Waals surface area contributed by atoms with Crippen LogP contribution in [0.3, 0.4) is 0 Å². The quantitative estimate of drug-likeness (QED) is 0.792. The summed E-state index contributed by atoms with van der Waals surface area (Å²) in [7, 11) is -2.16. The van der Waals surface area contributed by atoms with Crippen LogP contribution in [0.1, 0.15) is 12.5 Å². The summed E-state index contributed by atoms with van der Waals surface area (Å²) < 4.78 is 38.9. The average molecular weight is 364 g/mol. The maximum absolute atomic E-state index is 13.5. The Morgan fingerprint density at radius 3 is 2.32 bits per heavy atom. The topological polar surface area (TPSA) is 57.7 Å². The predicted molar refractivity (Wildman–Crippen MR) is 96.1 cm³/mol. The van der Waals surface area contributed by atoms with Gasteiger partial charge in [0.15, 0.2) is 0 Å². The second kappa shape index (κ2) is 7.65. The van der Waals surface area contributed by atoms with Crippen LogP contribution in [-0.2, 0) is 21.4 Å². The number of halogens is 1. The lowest BCUT2D eigenvalue weighted by atomic mass is 10.2. The molecule has 0 unspecified atom stereocenters. The van der Waals surface area contributed by atoms with Gasteiger partial charge in [-0.2, -0.15) is 0 Å². The first-order valence-electron chi connectivity index (χ1n) is 7.74. The number of hydrogen-bond donors (Lipinski definition) is 0. The minimum Gasteiger partial charge on any atom is -0.340 e. The second-order valence-corrected chi connectivity index (χ2v) is 7.75. The highest BCUT2D eigenvalue weighted by Gasteiger charge is 2.31. The number of amides is 1. The lowest BCUT2D eigenvalue weighted by molar-refractivity contribution is -0.131. The van der Waals surface area contributed by atoms with E-state index in [9.17, 15) is 17.6 Å². The Labute approximate surface area is 147 Å². The van der Waals surface area contributed by atoms with E-state index in [1.807, 2.05) is 30.3 Å². The van der Waals surface area contributed by atoms with Crippen molar-refractivity contribution in [3.63, 3.8) is 0 Å². The van der Waals surface area contributed by atoms with Crippen LogP contribution in [0.2, 0.25) is 0 Å². The van der Waals surface area contributed by atoms with E-state index < -0.39 is 21.9 Å². The van der Waals surface area contributed by atoms with Crippen LogP contribution in [0.5, 0.6) is 0 Å². The van der Waals surface area contributed by atoms with Gasteiger partial charge in [-0.3, -0.25) is 9.10 Å². The summed E-state index contributed by atoms with van der Waals surface area (Å²) >= 11 is 0. The number of likely N-dealkylation sites (N-methyl/N-ethyl adjacent to an activating group) is 1. The van der Waals surface area contributed by atoms with Crippen LogP contribution in [0.25, 0.3) is 0 Å². The fraction of sp³-hybridized carbons (Fsp3) is 0.278. The summed E-state index contributed by atoms with van der Waals surface area (Å²) in [6.45, 7) is 1.85. The van der Waals surface area contributed by atoms with Crippen LogP contribution in [0.15, 0.2) is 54.6 Å². The molecule has 0 saturated heterocycles. The molecule has 7 heteroatoms. The number of carbonyl (C=O) groups excluding carboxylic acids is 1. The molecule has 0 aromatic heterocycles. The predicted octanol–water partition coefficient (Wildman–Crippen LogP) is 2.64. The Kier molecular flexibility index (Phi) is 5.79. The van der Waals surface area contributed by atoms with Gasteiger partial charge >= 0.3 is 0 Å². The fourth-order valence-electron chi connectivity index (χ4n) is 2.67. The molecule has 0 N–H and O–H groups in total. The highest BCUT2D eigenvalue weighted by atomic mass is 32.2. The van der Waals surface area contributed by atoms with Crippen molar-refractivity contribution in [1.82, 2.24) is 4.90 Å². The van der Waals surface area contributed by atoms with Gasteiger partial charge in [-0.25, -0.2) is 12.8 Å². The van der Waals surface area contributed by atoms with Crippen molar-refractivity contribution < 1.29 is 17.6 Å². The van der Waals surface area contributed by atoms with Crippen LogP contribution < -0.4 is 4.31 Å². The van der Waals surface area contributed by atoms with Gasteiger partial charge in [-0.05, 0) is 30.7 Å². The SMILES string of the molecule is C[C@@H](C(=O)N(C)Cc1ccccc1)N(c1cccc(F)c1)S(C)(=O)=O. The molecule has 1 amide bonds. The van der Waals surface area contributed by atoms with E-state index in [0.717, 1.165) is 22.2 Å². The van der Waals surface area contributed by atoms with Gasteiger partial charge < -0.3 is 4.90 Å². The maximum atomic E-state index is 13.5. The van der Waals surface area contributed by atoms with Gasteiger partial charge in [0.2, 0.25) is 15.9 Å². The molecule has 0 heterocycles. The van der Waals surface area contributed by atoms with Crippen LogP contribution >= 0.6 is 0 Å². The van der Waals surface area contributed by atoms with Gasteiger partial charge in [0.25, 0.3) is 0 Å². The molecule has 134 valence electrons. The Morgan fingerprint density at radius 2 is 1.76 bits per heavy atom. The summed E-state index contributed by atoms with van der Waals surface area (Å²) in [6.07, 6.45) is 0.999. The summed E-state index contributed by atoms with van der Waals surface area (Å²) in [5.41, 5.74) is 1.05. The molecule has 2 rings (SSSR count). The molecule has 5 nitrogen and oxygen atoms in total. The Hall–Kier alpha value is -2.41. The normalized spacial score (nSPS) is 12.5. The molecule has 2 aromatic rings. The largest absolute Gasteiger partial charge is 0.340 e. The van der Waals surface area contributed by atoms with Gasteiger partial charge in [-0.15, -0.1) is 0 Å². The molecule has 0 aliphatic heterocycles. The summed E-state index contributed by atoms with van der Waals surface area (Å²) in [6, 6.07) is 13.6. The monoisotopic (exact) mass is 364 g/mol. The molecule has 0 fully saturated rings. The van der Waals surface area contributed by atoms with E-state index >= 15 is 0 Å². The van der Waals surface area contributed by atoms with Crippen LogP contribution in [0, 0.1) is 5.82 Å². The van der Waals surface area contributed by atoms with E-state index in [0.29, 0.717) is 6.54 Å². The summed E-state index contributed by atoms with van der Waals surface area (Å²) in [5.74, 6) is -0.943. The molecular weight excluding hydrogens is 343 g/mol. The number of carbonyl (C=O) groups is 1. The zero-order valence-electron chi connectivity index (χ0n) is 14.4. The van der Waals surface area contributed by atoms with Crippen molar-refractivity contribution in [3.8, 4) is 0 Å². The van der Waals surface area contributed by atoms with Gasteiger partial charge in [-0.1, -0.05) is 36.4 Å². The number of anilines is 1.